The van der Waals surface area contributed by atoms with Gasteiger partial charge in [0, 0.05) is 17.8 Å². The number of fused-ring (bicyclic) bond motifs is 5. The van der Waals surface area contributed by atoms with Crippen molar-refractivity contribution in [1.82, 2.24) is 0 Å². The fourth-order valence-corrected chi connectivity index (χ4v) is 8.41. The van der Waals surface area contributed by atoms with Gasteiger partial charge in [0.05, 0.1) is 12.2 Å². The molecule has 0 aliphatic heterocycles. The van der Waals surface area contributed by atoms with E-state index in [0.717, 1.165) is 38.5 Å². The summed E-state index contributed by atoms with van der Waals surface area (Å²) in [6, 6.07) is 0. The molecule has 4 saturated carbocycles. The molecule has 0 spiro atoms. The van der Waals surface area contributed by atoms with E-state index < -0.39 is 17.5 Å². The average molecular weight is 429 g/mol. The minimum absolute atomic E-state index is 0. The zero-order valence-electron chi connectivity index (χ0n) is 19.1. The van der Waals surface area contributed by atoms with Crippen LogP contribution in [0.3, 0.4) is 0 Å². The Kier molecular flexibility index (Phi) is 7.23. The smallest absolute Gasteiger partial charge is 0.550 e. The fraction of sp³-hybridized carbons (Fsp3) is 0.917. The minimum atomic E-state index is -1.02. The number of Topliss-reactive ketones (excluding diaryl/α,β-unsaturated/α-hetero) is 1. The van der Waals surface area contributed by atoms with Crippen molar-refractivity contribution in [3.63, 3.8) is 0 Å². The molecule has 4 fully saturated rings. The zero-order valence-corrected chi connectivity index (χ0v) is 21.1. The Morgan fingerprint density at radius 3 is 2.53 bits per heavy atom. The molecule has 4 rings (SSSR count). The molecule has 4 aliphatic rings. The number of carboxylic acids is 1. The van der Waals surface area contributed by atoms with Gasteiger partial charge in [-0.2, -0.15) is 0 Å². The molecule has 0 saturated heterocycles. The van der Waals surface area contributed by atoms with Crippen LogP contribution in [0, 0.1) is 46.3 Å². The standard InChI is InChI=1S/C24H38O5.Na/c1-13(4-7-21(28)29)16-5-6-17-22-18(12-20(27)24(16,17)3)23(2)9-8-15(25)10-14(23)11-19(22)26;/h13-19,22,25-26H,4-12H2,1-3H3,(H,28,29);/q;+1/p-1/t13-,14-,15-,16-,17+,18+,19-,22+,23+,24-;/m1./s1. The van der Waals surface area contributed by atoms with Gasteiger partial charge in [-0.1, -0.05) is 20.8 Å². The predicted molar refractivity (Wildman–Crippen MR) is 106 cm³/mol. The van der Waals surface area contributed by atoms with Gasteiger partial charge in [-0.25, -0.2) is 0 Å². The molecule has 4 aliphatic carbocycles. The third-order valence-corrected chi connectivity index (χ3v) is 10.1. The van der Waals surface area contributed by atoms with E-state index in [0.29, 0.717) is 24.5 Å². The van der Waals surface area contributed by atoms with Crippen LogP contribution in [0.4, 0.5) is 0 Å². The van der Waals surface area contributed by atoms with Crippen molar-refractivity contribution in [3.8, 4) is 0 Å². The first-order chi connectivity index (χ1) is 13.6. The van der Waals surface area contributed by atoms with Crippen LogP contribution in [0.2, 0.25) is 0 Å². The van der Waals surface area contributed by atoms with E-state index in [1.807, 2.05) is 0 Å². The maximum atomic E-state index is 13.6. The molecular weight excluding hydrogens is 391 g/mol. The van der Waals surface area contributed by atoms with E-state index in [1.165, 1.54) is 0 Å². The molecule has 0 radical (unpaired) electrons. The first kappa shape index (κ1) is 24.7. The van der Waals surface area contributed by atoms with E-state index >= 15 is 0 Å². The quantitative estimate of drug-likeness (QED) is 0.579. The predicted octanol–water partition coefficient (Wildman–Crippen LogP) is -0.674. The summed E-state index contributed by atoms with van der Waals surface area (Å²) in [4.78, 5) is 24.6. The number of hydrogen-bond donors (Lipinski definition) is 2. The second kappa shape index (κ2) is 8.78. The first-order valence-electron chi connectivity index (χ1n) is 11.7. The molecule has 0 unspecified atom stereocenters. The van der Waals surface area contributed by atoms with Crippen LogP contribution in [0.1, 0.15) is 78.6 Å². The summed E-state index contributed by atoms with van der Waals surface area (Å²) in [6.45, 7) is 6.49. The van der Waals surface area contributed by atoms with Crippen LogP contribution in [0.25, 0.3) is 0 Å². The molecule has 0 bridgehead atoms. The Balaban J connectivity index is 0.00000256. The molecule has 6 heteroatoms. The molecule has 0 aromatic carbocycles. The number of carbonyl (C=O) groups is 2. The Morgan fingerprint density at radius 2 is 1.87 bits per heavy atom. The van der Waals surface area contributed by atoms with Gasteiger partial charge in [0.1, 0.15) is 5.78 Å². The van der Waals surface area contributed by atoms with Gasteiger partial charge < -0.3 is 20.1 Å². The molecule has 5 nitrogen and oxygen atoms in total. The van der Waals surface area contributed by atoms with E-state index in [4.69, 9.17) is 0 Å². The van der Waals surface area contributed by atoms with Crippen LogP contribution >= 0.6 is 0 Å². The molecule has 0 amide bonds. The average Bonchev–Trinajstić information content (AvgIpc) is 3.01. The van der Waals surface area contributed by atoms with Crippen LogP contribution in [-0.2, 0) is 9.59 Å². The first-order valence-corrected chi connectivity index (χ1v) is 11.7. The fourth-order valence-electron chi connectivity index (χ4n) is 8.41. The number of carboxylic acid groups (broad SMARTS) is 1. The van der Waals surface area contributed by atoms with Crippen LogP contribution in [0.15, 0.2) is 0 Å². The van der Waals surface area contributed by atoms with Gasteiger partial charge in [0.15, 0.2) is 0 Å². The molecule has 0 heterocycles. The summed E-state index contributed by atoms with van der Waals surface area (Å²) < 4.78 is 0. The molecule has 10 atom stereocenters. The van der Waals surface area contributed by atoms with E-state index in [1.54, 1.807) is 0 Å². The topological polar surface area (TPSA) is 97.7 Å². The van der Waals surface area contributed by atoms with Crippen molar-refractivity contribution in [2.75, 3.05) is 0 Å². The summed E-state index contributed by atoms with van der Waals surface area (Å²) in [5.41, 5.74) is -0.427. The van der Waals surface area contributed by atoms with Crippen molar-refractivity contribution in [2.24, 2.45) is 46.3 Å². The summed E-state index contributed by atoms with van der Waals surface area (Å²) in [5, 5.41) is 32.3. The third-order valence-electron chi connectivity index (χ3n) is 10.1. The number of rotatable bonds is 4. The van der Waals surface area contributed by atoms with Crippen LogP contribution in [-0.4, -0.2) is 34.2 Å². The van der Waals surface area contributed by atoms with Gasteiger partial charge in [-0.3, -0.25) is 4.79 Å². The van der Waals surface area contributed by atoms with Crippen molar-refractivity contribution in [2.45, 2.75) is 90.8 Å². The normalized spacial score (nSPS) is 48.7. The summed E-state index contributed by atoms with van der Waals surface area (Å²) in [5.74, 6) is 0.477. The van der Waals surface area contributed by atoms with Crippen molar-refractivity contribution in [3.05, 3.63) is 0 Å². The van der Waals surface area contributed by atoms with Gasteiger partial charge in [-0.05, 0) is 92.3 Å². The maximum absolute atomic E-state index is 13.6. The number of aliphatic hydroxyl groups is 2. The van der Waals surface area contributed by atoms with Crippen molar-refractivity contribution < 1.29 is 54.5 Å². The summed E-state index contributed by atoms with van der Waals surface area (Å²) >= 11 is 0. The molecule has 0 aromatic heterocycles. The van der Waals surface area contributed by atoms with E-state index in [9.17, 15) is 24.9 Å². The van der Waals surface area contributed by atoms with E-state index in [-0.39, 0.29) is 77.1 Å². The van der Waals surface area contributed by atoms with Crippen molar-refractivity contribution in [1.29, 1.82) is 0 Å². The molecular formula is C24H37NaO5. The maximum Gasteiger partial charge on any atom is 1.00 e. The van der Waals surface area contributed by atoms with Gasteiger partial charge in [-0.15, -0.1) is 0 Å². The van der Waals surface area contributed by atoms with E-state index in [2.05, 4.69) is 20.8 Å². The Hall–Kier alpha value is 0.0600. The Labute approximate surface area is 202 Å². The molecule has 0 aromatic rings. The SMILES string of the molecule is C[C@H](CCC(=O)[O-])[C@H]1CC[C@H]2[C@@H]3[C@H](O)C[C@H]4C[C@H](O)CC[C@]4(C)[C@H]3CC(=O)[C@]12C.[Na+]. The summed E-state index contributed by atoms with van der Waals surface area (Å²) in [6.07, 6.45) is 5.55. The Bertz CT molecular complexity index is 683. The largest absolute Gasteiger partial charge is 1.00 e. The van der Waals surface area contributed by atoms with Gasteiger partial charge in [0.25, 0.3) is 0 Å². The number of aliphatic carboxylic acids is 1. The molecule has 2 N–H and O–H groups in total. The number of carbonyl (C=O) groups excluding carboxylic acids is 2. The molecule has 164 valence electrons. The second-order valence-corrected chi connectivity index (χ2v) is 11.2. The number of aliphatic hydroxyl groups excluding tert-OH is 2. The zero-order chi connectivity index (χ0) is 21.1. The number of ketones is 1. The number of hydrogen-bond acceptors (Lipinski definition) is 5. The van der Waals surface area contributed by atoms with Crippen molar-refractivity contribution >= 4 is 11.8 Å². The van der Waals surface area contributed by atoms with Crippen LogP contribution in [0.5, 0.6) is 0 Å². The summed E-state index contributed by atoms with van der Waals surface area (Å²) in [7, 11) is 0. The van der Waals surface area contributed by atoms with Gasteiger partial charge in [0.2, 0.25) is 0 Å². The van der Waals surface area contributed by atoms with Crippen LogP contribution < -0.4 is 34.7 Å². The monoisotopic (exact) mass is 428 g/mol. The molecule has 30 heavy (non-hydrogen) atoms. The minimum Gasteiger partial charge on any atom is -0.550 e. The Morgan fingerprint density at radius 1 is 1.17 bits per heavy atom. The third kappa shape index (κ3) is 3.75. The van der Waals surface area contributed by atoms with Gasteiger partial charge >= 0.3 is 29.6 Å². The second-order valence-electron chi connectivity index (χ2n) is 11.2.